The molecule has 0 aliphatic carbocycles. The number of hydrogen-bond donors (Lipinski definition) is 3. The van der Waals surface area contributed by atoms with Crippen LogP contribution in [0, 0.1) is 5.92 Å². The van der Waals surface area contributed by atoms with E-state index in [1.54, 1.807) is 13.8 Å². The molecule has 0 spiro atoms. The molecule has 3 N–H and O–H groups in total. The van der Waals surface area contributed by atoms with Crippen LogP contribution in [0.4, 0.5) is 0 Å². The number of nitrogens with one attached hydrogen (secondary N) is 2. The maximum absolute atomic E-state index is 11.6. The molecule has 5 nitrogen and oxygen atoms in total. The van der Waals surface area contributed by atoms with E-state index in [1.807, 2.05) is 0 Å². The molecule has 0 aromatic rings. The molecule has 1 saturated heterocycles. The summed E-state index contributed by atoms with van der Waals surface area (Å²) in [6.07, 6.45) is 1.76. The highest BCUT2D eigenvalue weighted by atomic mass is 16.4. The lowest BCUT2D eigenvalue weighted by Crippen LogP contribution is -2.50. The molecule has 1 fully saturated rings. The Bertz CT molecular complexity index is 247. The van der Waals surface area contributed by atoms with Gasteiger partial charge < -0.3 is 15.7 Å². The zero-order valence-electron chi connectivity index (χ0n) is 9.12. The van der Waals surface area contributed by atoms with Crippen molar-refractivity contribution in [3.63, 3.8) is 0 Å². The Labute approximate surface area is 89.2 Å². The number of carboxylic acids is 1. The van der Waals surface area contributed by atoms with Crippen LogP contribution in [0.25, 0.3) is 0 Å². The third-order valence-electron chi connectivity index (χ3n) is 2.61. The van der Waals surface area contributed by atoms with Crippen molar-refractivity contribution in [1.82, 2.24) is 10.6 Å². The van der Waals surface area contributed by atoms with E-state index < -0.39 is 12.0 Å². The molecule has 0 bridgehead atoms. The lowest BCUT2D eigenvalue weighted by Gasteiger charge is -2.20. The van der Waals surface area contributed by atoms with Gasteiger partial charge in [-0.3, -0.25) is 4.79 Å². The van der Waals surface area contributed by atoms with Crippen molar-refractivity contribution in [3.05, 3.63) is 0 Å². The van der Waals surface area contributed by atoms with Crippen molar-refractivity contribution in [1.29, 1.82) is 0 Å². The highest BCUT2D eigenvalue weighted by molar-refractivity contribution is 5.87. The number of amides is 1. The predicted molar refractivity (Wildman–Crippen MR) is 55.4 cm³/mol. The minimum absolute atomic E-state index is 0.104. The fourth-order valence-corrected chi connectivity index (χ4v) is 1.68. The van der Waals surface area contributed by atoms with Gasteiger partial charge in [-0.1, -0.05) is 13.8 Å². The molecule has 0 aromatic carbocycles. The van der Waals surface area contributed by atoms with Crippen molar-refractivity contribution >= 4 is 11.9 Å². The second kappa shape index (κ2) is 5.11. The van der Waals surface area contributed by atoms with E-state index in [2.05, 4.69) is 10.6 Å². The standard InChI is InChI=1S/C10H18N2O3/c1-6(2)8(10(14)15)12-9(13)7-4-3-5-11-7/h6-8,11H,3-5H2,1-2H3,(H,12,13)(H,14,15)/t7-,8-/m1/s1. The van der Waals surface area contributed by atoms with Crippen LogP contribution in [-0.4, -0.2) is 35.6 Å². The van der Waals surface area contributed by atoms with E-state index in [9.17, 15) is 9.59 Å². The van der Waals surface area contributed by atoms with E-state index >= 15 is 0 Å². The minimum atomic E-state index is -0.976. The second-order valence-corrected chi connectivity index (χ2v) is 4.22. The van der Waals surface area contributed by atoms with Gasteiger partial charge >= 0.3 is 5.97 Å². The normalized spacial score (nSPS) is 22.7. The van der Waals surface area contributed by atoms with Crippen molar-refractivity contribution in [3.8, 4) is 0 Å². The van der Waals surface area contributed by atoms with Gasteiger partial charge in [-0.2, -0.15) is 0 Å². The molecule has 0 unspecified atom stereocenters. The molecule has 2 atom stereocenters. The Kier molecular flexibility index (Phi) is 4.08. The maximum atomic E-state index is 11.6. The van der Waals surface area contributed by atoms with Gasteiger partial charge in [0.15, 0.2) is 0 Å². The van der Waals surface area contributed by atoms with Crippen molar-refractivity contribution in [2.45, 2.75) is 38.8 Å². The Morgan fingerprint density at radius 2 is 2.13 bits per heavy atom. The molecule has 1 amide bonds. The van der Waals surface area contributed by atoms with Gasteiger partial charge in [0.25, 0.3) is 0 Å². The van der Waals surface area contributed by atoms with E-state index in [1.165, 1.54) is 0 Å². The molecule has 5 heteroatoms. The Balaban J connectivity index is 2.50. The van der Waals surface area contributed by atoms with Crippen LogP contribution < -0.4 is 10.6 Å². The van der Waals surface area contributed by atoms with Crippen LogP contribution in [0.3, 0.4) is 0 Å². The molecule has 0 saturated carbocycles. The molecule has 15 heavy (non-hydrogen) atoms. The Morgan fingerprint density at radius 1 is 1.47 bits per heavy atom. The molecule has 1 rings (SSSR count). The summed E-state index contributed by atoms with van der Waals surface area (Å²) in [7, 11) is 0. The highest BCUT2D eigenvalue weighted by Gasteiger charge is 2.28. The smallest absolute Gasteiger partial charge is 0.326 e. The molecular formula is C10H18N2O3. The SMILES string of the molecule is CC(C)[C@@H](NC(=O)[C@H]1CCCN1)C(=O)O. The minimum Gasteiger partial charge on any atom is -0.480 e. The first kappa shape index (κ1) is 12.0. The topological polar surface area (TPSA) is 78.4 Å². The van der Waals surface area contributed by atoms with E-state index in [-0.39, 0.29) is 17.9 Å². The van der Waals surface area contributed by atoms with Gasteiger partial charge in [-0.05, 0) is 25.3 Å². The zero-order chi connectivity index (χ0) is 11.4. The van der Waals surface area contributed by atoms with E-state index in [0.717, 1.165) is 19.4 Å². The summed E-state index contributed by atoms with van der Waals surface area (Å²) >= 11 is 0. The average Bonchev–Trinajstić information content (AvgIpc) is 2.65. The van der Waals surface area contributed by atoms with Gasteiger partial charge in [0.1, 0.15) is 6.04 Å². The molecule has 1 heterocycles. The molecule has 1 aliphatic rings. The lowest BCUT2D eigenvalue weighted by atomic mass is 10.0. The first-order chi connectivity index (χ1) is 7.02. The Morgan fingerprint density at radius 3 is 2.53 bits per heavy atom. The Hall–Kier alpha value is -1.10. The first-order valence-corrected chi connectivity index (χ1v) is 5.29. The van der Waals surface area contributed by atoms with Crippen LogP contribution in [0.5, 0.6) is 0 Å². The summed E-state index contributed by atoms with van der Waals surface area (Å²) in [4.78, 5) is 22.5. The van der Waals surface area contributed by atoms with Crippen molar-refractivity contribution < 1.29 is 14.7 Å². The third kappa shape index (κ3) is 3.20. The van der Waals surface area contributed by atoms with Gasteiger partial charge in [0.2, 0.25) is 5.91 Å². The molecular weight excluding hydrogens is 196 g/mol. The predicted octanol–water partition coefficient (Wildman–Crippen LogP) is -0.0362. The average molecular weight is 214 g/mol. The summed E-state index contributed by atoms with van der Waals surface area (Å²) < 4.78 is 0. The van der Waals surface area contributed by atoms with Crippen molar-refractivity contribution in [2.24, 2.45) is 5.92 Å². The maximum Gasteiger partial charge on any atom is 0.326 e. The number of hydrogen-bond acceptors (Lipinski definition) is 3. The second-order valence-electron chi connectivity index (χ2n) is 4.22. The molecule has 86 valence electrons. The third-order valence-corrected chi connectivity index (χ3v) is 2.61. The lowest BCUT2D eigenvalue weighted by molar-refractivity contribution is -0.143. The number of carboxylic acid groups (broad SMARTS) is 1. The molecule has 1 aliphatic heterocycles. The molecule has 0 aromatic heterocycles. The first-order valence-electron chi connectivity index (χ1n) is 5.29. The number of carbonyl (C=O) groups is 2. The fourth-order valence-electron chi connectivity index (χ4n) is 1.68. The van der Waals surface area contributed by atoms with Crippen LogP contribution in [0.15, 0.2) is 0 Å². The van der Waals surface area contributed by atoms with Gasteiger partial charge in [-0.15, -0.1) is 0 Å². The van der Waals surface area contributed by atoms with E-state index in [4.69, 9.17) is 5.11 Å². The summed E-state index contributed by atoms with van der Waals surface area (Å²) in [6.45, 7) is 4.39. The van der Waals surface area contributed by atoms with Gasteiger partial charge in [-0.25, -0.2) is 4.79 Å². The fraction of sp³-hybridized carbons (Fsp3) is 0.800. The summed E-state index contributed by atoms with van der Waals surface area (Å²) in [5.74, 6) is -1.28. The van der Waals surface area contributed by atoms with Crippen LogP contribution >= 0.6 is 0 Å². The number of aliphatic carboxylic acids is 1. The van der Waals surface area contributed by atoms with Crippen molar-refractivity contribution in [2.75, 3.05) is 6.54 Å². The highest BCUT2D eigenvalue weighted by Crippen LogP contribution is 2.07. The van der Waals surface area contributed by atoms with Crippen LogP contribution in [0.2, 0.25) is 0 Å². The summed E-state index contributed by atoms with van der Waals surface area (Å²) in [5.41, 5.74) is 0. The number of rotatable bonds is 4. The van der Waals surface area contributed by atoms with Gasteiger partial charge in [0.05, 0.1) is 6.04 Å². The monoisotopic (exact) mass is 214 g/mol. The number of carbonyl (C=O) groups excluding carboxylic acids is 1. The largest absolute Gasteiger partial charge is 0.480 e. The van der Waals surface area contributed by atoms with Crippen LogP contribution in [0.1, 0.15) is 26.7 Å². The quantitative estimate of drug-likeness (QED) is 0.614. The molecule has 0 radical (unpaired) electrons. The zero-order valence-corrected chi connectivity index (χ0v) is 9.12. The summed E-state index contributed by atoms with van der Waals surface area (Å²) in [6, 6.07) is -1.01. The van der Waals surface area contributed by atoms with Gasteiger partial charge in [0, 0.05) is 0 Å². The van der Waals surface area contributed by atoms with Crippen LogP contribution in [-0.2, 0) is 9.59 Å². The van der Waals surface area contributed by atoms with E-state index in [0.29, 0.717) is 0 Å². The summed E-state index contributed by atoms with van der Waals surface area (Å²) in [5, 5.41) is 14.5.